The van der Waals surface area contributed by atoms with Crippen LogP contribution in [0.3, 0.4) is 0 Å². The second-order valence-electron chi connectivity index (χ2n) is 9.38. The largest absolute Gasteiger partial charge is 0.460 e. The maximum atomic E-state index is 13.4. The topological polar surface area (TPSA) is 89.5 Å². The minimum Gasteiger partial charge on any atom is -0.460 e. The second-order valence-corrected chi connectivity index (χ2v) is 10.2. The average molecular weight is 536 g/mol. The summed E-state index contributed by atoms with van der Waals surface area (Å²) in [6, 6.07) is 16.6. The molecule has 1 atom stereocenters. The predicted octanol–water partition coefficient (Wildman–Crippen LogP) is 5.41. The monoisotopic (exact) mass is 535 g/mol. The number of aliphatic imine (C=N–C) groups is 1. The van der Waals surface area contributed by atoms with E-state index < -0.39 is 12.0 Å². The summed E-state index contributed by atoms with van der Waals surface area (Å²) < 4.78 is 16.7. The highest BCUT2D eigenvalue weighted by Crippen LogP contribution is 2.45. The maximum Gasteiger partial charge on any atom is 0.338 e. The minimum atomic E-state index is -0.545. The van der Waals surface area contributed by atoms with Crippen LogP contribution in [0.1, 0.15) is 38.8 Å². The zero-order chi connectivity index (χ0) is 27.1. The van der Waals surface area contributed by atoms with Crippen molar-refractivity contribution in [3.8, 4) is 11.5 Å². The first-order valence-corrected chi connectivity index (χ1v) is 13.5. The lowest BCUT2D eigenvalue weighted by atomic mass is 9.93. The SMILES string of the molecule is COCCOC(=O)C1=C(C)N=C2SC=C(CC(=O)NCC(C)C)N2[C@@H]1c1cccc(Oc2ccccc2)c1. The summed E-state index contributed by atoms with van der Waals surface area (Å²) in [6.07, 6.45) is 0.167. The molecule has 1 amide bonds. The number of carbonyl (C=O) groups excluding carboxylic acids is 2. The van der Waals surface area contributed by atoms with Crippen LogP contribution in [-0.4, -0.2) is 48.8 Å². The molecule has 0 bridgehead atoms. The van der Waals surface area contributed by atoms with Crippen LogP contribution in [0.25, 0.3) is 0 Å². The van der Waals surface area contributed by atoms with Gasteiger partial charge in [0.2, 0.25) is 5.91 Å². The summed E-state index contributed by atoms with van der Waals surface area (Å²) in [5.41, 5.74) is 2.58. The number of amides is 1. The van der Waals surface area contributed by atoms with Gasteiger partial charge in [0.1, 0.15) is 18.1 Å². The van der Waals surface area contributed by atoms with E-state index in [4.69, 9.17) is 19.2 Å². The number of hydrogen-bond donors (Lipinski definition) is 1. The molecule has 1 N–H and O–H groups in total. The standard InChI is InChI=1S/C29H33N3O5S/c1-19(2)17-30-25(33)16-22-18-38-29-31-20(3)26(28(34)36-14-13-35-4)27(32(22)29)21-9-8-12-24(15-21)37-23-10-6-5-7-11-23/h5-12,15,18-19,27H,13-14,16-17H2,1-4H3,(H,30,33)/t27-/m1/s1. The molecular formula is C29H33N3O5S. The van der Waals surface area contributed by atoms with Crippen molar-refractivity contribution >= 4 is 28.8 Å². The third-order valence-corrected chi connectivity index (χ3v) is 6.83. The van der Waals surface area contributed by atoms with Gasteiger partial charge in [-0.3, -0.25) is 4.79 Å². The van der Waals surface area contributed by atoms with Gasteiger partial charge >= 0.3 is 5.97 Å². The molecule has 0 unspecified atom stereocenters. The molecule has 0 spiro atoms. The molecule has 2 aliphatic rings. The van der Waals surface area contributed by atoms with E-state index in [0.29, 0.717) is 47.0 Å². The van der Waals surface area contributed by atoms with E-state index in [1.54, 1.807) is 7.11 Å². The Balaban J connectivity index is 1.69. The summed E-state index contributed by atoms with van der Waals surface area (Å²) >= 11 is 1.44. The number of allylic oxidation sites excluding steroid dienone is 1. The lowest BCUT2D eigenvalue weighted by Crippen LogP contribution is -2.38. The number of hydrogen-bond acceptors (Lipinski definition) is 8. The maximum absolute atomic E-state index is 13.4. The van der Waals surface area contributed by atoms with E-state index in [1.165, 1.54) is 11.8 Å². The van der Waals surface area contributed by atoms with Crippen LogP contribution >= 0.6 is 11.8 Å². The Hall–Kier alpha value is -3.56. The number of para-hydroxylation sites is 1. The third-order valence-electron chi connectivity index (χ3n) is 5.94. The molecule has 0 aromatic heterocycles. The van der Waals surface area contributed by atoms with E-state index in [1.807, 2.05) is 71.8 Å². The number of fused-ring (bicyclic) bond motifs is 1. The molecule has 200 valence electrons. The Bertz CT molecular complexity index is 1260. The van der Waals surface area contributed by atoms with Gasteiger partial charge in [0.05, 0.1) is 30.3 Å². The number of nitrogens with one attached hydrogen (secondary N) is 1. The van der Waals surface area contributed by atoms with Crippen LogP contribution in [0.2, 0.25) is 0 Å². The van der Waals surface area contributed by atoms with Crippen molar-refractivity contribution in [3.05, 3.63) is 82.5 Å². The van der Waals surface area contributed by atoms with Gasteiger partial charge in [0.15, 0.2) is 5.17 Å². The van der Waals surface area contributed by atoms with Gasteiger partial charge in [-0.15, -0.1) is 0 Å². The van der Waals surface area contributed by atoms with E-state index in [0.717, 1.165) is 11.3 Å². The second kappa shape index (κ2) is 12.8. The van der Waals surface area contributed by atoms with Crippen LogP contribution in [0, 0.1) is 5.92 Å². The molecule has 0 fully saturated rings. The Morgan fingerprint density at radius 3 is 2.58 bits per heavy atom. The van der Waals surface area contributed by atoms with Crippen molar-refractivity contribution in [2.24, 2.45) is 10.9 Å². The van der Waals surface area contributed by atoms with Crippen LogP contribution < -0.4 is 10.1 Å². The Morgan fingerprint density at radius 1 is 1.08 bits per heavy atom. The lowest BCUT2D eigenvalue weighted by Gasteiger charge is -2.36. The third kappa shape index (κ3) is 6.65. The molecule has 2 aromatic carbocycles. The number of nitrogens with zero attached hydrogens (tertiary/aromatic N) is 2. The molecule has 0 saturated carbocycles. The minimum absolute atomic E-state index is 0.0813. The summed E-state index contributed by atoms with van der Waals surface area (Å²) in [5.74, 6) is 1.14. The van der Waals surface area contributed by atoms with E-state index in [9.17, 15) is 9.59 Å². The number of benzene rings is 2. The Morgan fingerprint density at radius 2 is 1.84 bits per heavy atom. The fourth-order valence-electron chi connectivity index (χ4n) is 4.16. The van der Waals surface area contributed by atoms with Gasteiger partial charge in [-0.25, -0.2) is 9.79 Å². The van der Waals surface area contributed by atoms with E-state index >= 15 is 0 Å². The molecule has 9 heteroatoms. The molecule has 2 aromatic rings. The molecule has 2 aliphatic heterocycles. The predicted molar refractivity (Wildman–Crippen MR) is 149 cm³/mol. The molecule has 38 heavy (non-hydrogen) atoms. The molecule has 4 rings (SSSR count). The first-order chi connectivity index (χ1) is 18.4. The van der Waals surface area contributed by atoms with Crippen LogP contribution in [0.15, 0.2) is 82.0 Å². The molecule has 8 nitrogen and oxygen atoms in total. The summed E-state index contributed by atoms with van der Waals surface area (Å²) in [6.45, 7) is 6.92. The fraction of sp³-hybridized carbons (Fsp3) is 0.345. The Kier molecular flexibility index (Phi) is 9.25. The highest BCUT2D eigenvalue weighted by Gasteiger charge is 2.41. The van der Waals surface area contributed by atoms with Crippen LogP contribution in [0.4, 0.5) is 0 Å². The van der Waals surface area contributed by atoms with Gasteiger partial charge < -0.3 is 24.4 Å². The molecule has 0 saturated heterocycles. The Labute approximate surface area is 227 Å². The molecule has 0 radical (unpaired) electrons. The number of carbonyl (C=O) groups is 2. The highest BCUT2D eigenvalue weighted by atomic mass is 32.2. The number of thioether (sulfide) groups is 1. The van der Waals surface area contributed by atoms with Crippen molar-refractivity contribution in [1.29, 1.82) is 0 Å². The van der Waals surface area contributed by atoms with Crippen LogP contribution in [0.5, 0.6) is 11.5 Å². The van der Waals surface area contributed by atoms with Crippen LogP contribution in [-0.2, 0) is 19.1 Å². The van der Waals surface area contributed by atoms with Crippen molar-refractivity contribution in [2.45, 2.75) is 33.2 Å². The molecule has 2 heterocycles. The van der Waals surface area contributed by atoms with Gasteiger partial charge in [0, 0.05) is 19.4 Å². The summed E-state index contributed by atoms with van der Waals surface area (Å²) in [4.78, 5) is 32.8. The first-order valence-electron chi connectivity index (χ1n) is 12.6. The zero-order valence-electron chi connectivity index (χ0n) is 22.1. The average Bonchev–Trinajstić information content (AvgIpc) is 3.29. The number of esters is 1. The number of methoxy groups -OCH3 is 1. The van der Waals surface area contributed by atoms with Gasteiger partial charge in [-0.1, -0.05) is 55.9 Å². The number of rotatable bonds is 11. The van der Waals surface area contributed by atoms with Crippen molar-refractivity contribution in [2.75, 3.05) is 26.9 Å². The fourth-order valence-corrected chi connectivity index (χ4v) is 5.12. The molecule has 0 aliphatic carbocycles. The van der Waals surface area contributed by atoms with Gasteiger partial charge in [-0.05, 0) is 48.1 Å². The quantitative estimate of drug-likeness (QED) is 0.304. The lowest BCUT2D eigenvalue weighted by molar-refractivity contribution is -0.141. The zero-order valence-corrected chi connectivity index (χ0v) is 22.9. The molecular weight excluding hydrogens is 502 g/mol. The van der Waals surface area contributed by atoms with Gasteiger partial charge in [-0.2, -0.15) is 0 Å². The summed E-state index contributed by atoms with van der Waals surface area (Å²) in [7, 11) is 1.55. The summed E-state index contributed by atoms with van der Waals surface area (Å²) in [5, 5.41) is 5.62. The van der Waals surface area contributed by atoms with E-state index in [-0.39, 0.29) is 18.9 Å². The van der Waals surface area contributed by atoms with Crippen molar-refractivity contribution < 1.29 is 23.8 Å². The smallest absolute Gasteiger partial charge is 0.338 e. The first kappa shape index (κ1) is 27.5. The van der Waals surface area contributed by atoms with E-state index in [2.05, 4.69) is 19.2 Å². The highest BCUT2D eigenvalue weighted by molar-refractivity contribution is 8.16. The van der Waals surface area contributed by atoms with Gasteiger partial charge in [0.25, 0.3) is 0 Å². The van der Waals surface area contributed by atoms with Crippen molar-refractivity contribution in [3.63, 3.8) is 0 Å². The number of ether oxygens (including phenoxy) is 3. The normalized spacial score (nSPS) is 16.7. The van der Waals surface area contributed by atoms with Crippen molar-refractivity contribution in [1.82, 2.24) is 10.2 Å². The number of amidine groups is 1.